The van der Waals surface area contributed by atoms with E-state index in [1.165, 1.54) is 4.90 Å². The SMILES string of the molecule is COCCOCCOCCOCCOCCOCCOCCN1CCN(C(=O)C2(C(F)(F)F)CCNCC2)CC1. The number of ether oxygens (including phenoxy) is 7. The van der Waals surface area contributed by atoms with E-state index in [0.717, 1.165) is 0 Å². The Balaban J connectivity index is 1.36. The Labute approximate surface area is 235 Å². The number of nitrogens with one attached hydrogen (secondary N) is 1. The van der Waals surface area contributed by atoms with Crippen molar-refractivity contribution < 1.29 is 51.1 Å². The fraction of sp³-hybridized carbons (Fsp3) is 0.962. The second-order valence-corrected chi connectivity index (χ2v) is 9.63. The minimum absolute atomic E-state index is 0.199. The van der Waals surface area contributed by atoms with Gasteiger partial charge in [-0.15, -0.1) is 0 Å². The van der Waals surface area contributed by atoms with Crippen LogP contribution in [0.2, 0.25) is 0 Å². The van der Waals surface area contributed by atoms with Gasteiger partial charge in [0.25, 0.3) is 0 Å². The van der Waals surface area contributed by atoms with Crippen molar-refractivity contribution in [1.29, 1.82) is 0 Å². The minimum atomic E-state index is -4.53. The first kappa shape index (κ1) is 35.1. The first-order chi connectivity index (χ1) is 19.4. The molecule has 2 aliphatic heterocycles. The van der Waals surface area contributed by atoms with Crippen molar-refractivity contribution in [1.82, 2.24) is 15.1 Å². The summed E-state index contributed by atoms with van der Waals surface area (Å²) in [5.74, 6) is -0.771. The second kappa shape index (κ2) is 20.7. The van der Waals surface area contributed by atoms with Crippen LogP contribution in [-0.2, 0) is 38.0 Å². The fourth-order valence-electron chi connectivity index (χ4n) is 4.49. The van der Waals surface area contributed by atoms with Crippen LogP contribution >= 0.6 is 0 Å². The summed E-state index contributed by atoms with van der Waals surface area (Å²) in [6.45, 7) is 9.24. The molecule has 0 aromatic carbocycles. The van der Waals surface area contributed by atoms with E-state index in [-0.39, 0.29) is 25.9 Å². The first-order valence-corrected chi connectivity index (χ1v) is 14.2. The molecular formula is C26H48F3N3O8. The number of carbonyl (C=O) groups excluding carboxylic acids is 1. The van der Waals surface area contributed by atoms with Gasteiger partial charge < -0.3 is 43.4 Å². The largest absolute Gasteiger partial charge is 0.403 e. The number of carbonyl (C=O) groups is 1. The highest BCUT2D eigenvalue weighted by molar-refractivity contribution is 5.84. The lowest BCUT2D eigenvalue weighted by Gasteiger charge is -2.43. The van der Waals surface area contributed by atoms with Crippen LogP contribution in [0.4, 0.5) is 13.2 Å². The van der Waals surface area contributed by atoms with Crippen LogP contribution in [0.5, 0.6) is 0 Å². The fourth-order valence-corrected chi connectivity index (χ4v) is 4.49. The molecule has 0 bridgehead atoms. The van der Waals surface area contributed by atoms with E-state index >= 15 is 0 Å². The number of nitrogens with zero attached hydrogens (tertiary/aromatic N) is 2. The van der Waals surface area contributed by atoms with E-state index < -0.39 is 17.5 Å². The number of piperazine rings is 1. The van der Waals surface area contributed by atoms with E-state index in [1.807, 2.05) is 0 Å². The molecule has 1 amide bonds. The molecule has 0 spiro atoms. The standard InChI is InChI=1S/C26H48F3N3O8/c1-34-12-13-36-16-17-38-20-21-40-23-22-39-19-18-37-15-14-35-11-10-31-6-8-32(9-7-31)24(33)25(26(27,28)29)2-4-30-5-3-25/h30H,2-23H2,1H3. The Morgan fingerprint density at radius 2 is 1.07 bits per heavy atom. The van der Waals surface area contributed by atoms with Crippen molar-refractivity contribution in [3.05, 3.63) is 0 Å². The van der Waals surface area contributed by atoms with Crippen LogP contribution in [0.3, 0.4) is 0 Å². The van der Waals surface area contributed by atoms with Crippen molar-refractivity contribution in [2.24, 2.45) is 5.41 Å². The Hall–Kier alpha value is -1.10. The van der Waals surface area contributed by atoms with Gasteiger partial charge in [0.2, 0.25) is 5.91 Å². The lowest BCUT2D eigenvalue weighted by atomic mass is 9.76. The van der Waals surface area contributed by atoms with Gasteiger partial charge in [-0.25, -0.2) is 0 Å². The lowest BCUT2D eigenvalue weighted by molar-refractivity contribution is -0.234. The third-order valence-corrected chi connectivity index (χ3v) is 6.91. The molecule has 0 aromatic rings. The van der Waals surface area contributed by atoms with E-state index in [1.54, 1.807) is 7.11 Å². The molecule has 11 nitrogen and oxygen atoms in total. The predicted octanol–water partition coefficient (Wildman–Crippen LogP) is 0.809. The Kier molecular flexibility index (Phi) is 18.2. The highest BCUT2D eigenvalue weighted by Gasteiger charge is 2.61. The van der Waals surface area contributed by atoms with Gasteiger partial charge in [0.05, 0.1) is 85.9 Å². The van der Waals surface area contributed by atoms with Crippen LogP contribution in [0.25, 0.3) is 0 Å². The van der Waals surface area contributed by atoms with Crippen LogP contribution in [0.15, 0.2) is 0 Å². The van der Waals surface area contributed by atoms with Crippen LogP contribution in [0, 0.1) is 5.41 Å². The van der Waals surface area contributed by atoms with Crippen molar-refractivity contribution in [2.45, 2.75) is 19.0 Å². The topological polar surface area (TPSA) is 100 Å². The number of alkyl halides is 3. The van der Waals surface area contributed by atoms with Crippen LogP contribution in [0.1, 0.15) is 12.8 Å². The number of methoxy groups -OCH3 is 1. The molecule has 0 aliphatic carbocycles. The van der Waals surface area contributed by atoms with Gasteiger partial charge in [0.15, 0.2) is 0 Å². The zero-order valence-electron chi connectivity index (χ0n) is 23.9. The number of piperidine rings is 1. The molecule has 0 radical (unpaired) electrons. The molecule has 0 aromatic heterocycles. The zero-order valence-corrected chi connectivity index (χ0v) is 23.9. The quantitative estimate of drug-likeness (QED) is 0.183. The Morgan fingerprint density at radius 3 is 1.48 bits per heavy atom. The van der Waals surface area contributed by atoms with Gasteiger partial charge in [-0.3, -0.25) is 9.69 Å². The van der Waals surface area contributed by atoms with Gasteiger partial charge in [0.1, 0.15) is 5.41 Å². The van der Waals surface area contributed by atoms with E-state index in [9.17, 15) is 18.0 Å². The minimum Gasteiger partial charge on any atom is -0.382 e. The second-order valence-electron chi connectivity index (χ2n) is 9.63. The van der Waals surface area contributed by atoms with Crippen molar-refractivity contribution >= 4 is 5.91 Å². The summed E-state index contributed by atoms with van der Waals surface area (Å²) in [5.41, 5.74) is -2.25. The molecule has 236 valence electrons. The summed E-state index contributed by atoms with van der Waals surface area (Å²) in [6, 6.07) is 0. The zero-order chi connectivity index (χ0) is 28.9. The molecule has 2 heterocycles. The molecule has 1 N–H and O–H groups in total. The molecule has 40 heavy (non-hydrogen) atoms. The van der Waals surface area contributed by atoms with Gasteiger partial charge in [0, 0.05) is 39.8 Å². The first-order valence-electron chi connectivity index (χ1n) is 14.2. The maximum atomic E-state index is 13.8. The number of hydrogen-bond acceptors (Lipinski definition) is 10. The van der Waals surface area contributed by atoms with E-state index in [4.69, 9.17) is 33.2 Å². The highest BCUT2D eigenvalue weighted by Crippen LogP contribution is 2.46. The molecule has 2 rings (SSSR count). The summed E-state index contributed by atoms with van der Waals surface area (Å²) < 4.78 is 79.0. The average Bonchev–Trinajstić information content (AvgIpc) is 2.96. The number of hydrogen-bond donors (Lipinski definition) is 1. The highest BCUT2D eigenvalue weighted by atomic mass is 19.4. The molecule has 0 saturated carbocycles. The molecule has 2 fully saturated rings. The molecule has 0 atom stereocenters. The molecule has 0 unspecified atom stereocenters. The van der Waals surface area contributed by atoms with Gasteiger partial charge >= 0.3 is 6.18 Å². The summed E-state index contributed by atoms with van der Waals surface area (Å²) in [6.07, 6.45) is -4.93. The summed E-state index contributed by atoms with van der Waals surface area (Å²) >= 11 is 0. The van der Waals surface area contributed by atoms with Gasteiger partial charge in [-0.2, -0.15) is 13.2 Å². The predicted molar refractivity (Wildman–Crippen MR) is 140 cm³/mol. The van der Waals surface area contributed by atoms with Gasteiger partial charge in [-0.1, -0.05) is 0 Å². The number of rotatable bonds is 22. The van der Waals surface area contributed by atoms with Crippen LogP contribution in [-0.4, -0.2) is 161 Å². The molecule has 14 heteroatoms. The van der Waals surface area contributed by atoms with Crippen LogP contribution < -0.4 is 5.32 Å². The molecule has 2 saturated heterocycles. The summed E-state index contributed by atoms with van der Waals surface area (Å²) in [7, 11) is 1.63. The number of halogens is 3. The molecular weight excluding hydrogens is 539 g/mol. The van der Waals surface area contributed by atoms with Crippen molar-refractivity contribution in [3.8, 4) is 0 Å². The molecule has 2 aliphatic rings. The third-order valence-electron chi connectivity index (χ3n) is 6.91. The summed E-state index contributed by atoms with van der Waals surface area (Å²) in [5, 5.41) is 2.92. The monoisotopic (exact) mass is 587 g/mol. The maximum absolute atomic E-state index is 13.8. The summed E-state index contributed by atoms with van der Waals surface area (Å²) in [4.78, 5) is 16.4. The van der Waals surface area contributed by atoms with E-state index in [0.29, 0.717) is 119 Å². The van der Waals surface area contributed by atoms with Crippen molar-refractivity contribution in [2.75, 3.05) is 139 Å². The van der Waals surface area contributed by atoms with Gasteiger partial charge in [-0.05, 0) is 25.9 Å². The third kappa shape index (κ3) is 13.3. The Morgan fingerprint density at radius 1 is 0.675 bits per heavy atom. The smallest absolute Gasteiger partial charge is 0.382 e. The number of amides is 1. The van der Waals surface area contributed by atoms with Crippen molar-refractivity contribution in [3.63, 3.8) is 0 Å². The normalized spacial score (nSPS) is 18.4. The Bertz CT molecular complexity index is 649. The lowest BCUT2D eigenvalue weighted by Crippen LogP contribution is -2.60. The maximum Gasteiger partial charge on any atom is 0.403 e. The van der Waals surface area contributed by atoms with E-state index in [2.05, 4.69) is 10.2 Å². The average molecular weight is 588 g/mol.